The van der Waals surface area contributed by atoms with Gasteiger partial charge in [-0.2, -0.15) is 0 Å². The van der Waals surface area contributed by atoms with Crippen LogP contribution >= 0.6 is 17.3 Å². The SMILES string of the molecule is CC(C)(C)[N-]P1N(C(C)(C)C)PN1C(C)(C)C. The molecule has 0 unspecified atom stereocenters. The van der Waals surface area contributed by atoms with Crippen LogP contribution in [0.3, 0.4) is 0 Å². The zero-order valence-electron chi connectivity index (χ0n) is 12.8. The van der Waals surface area contributed by atoms with Gasteiger partial charge < -0.3 is 5.09 Å². The fourth-order valence-electron chi connectivity index (χ4n) is 1.42. The number of rotatable bonds is 1. The van der Waals surface area contributed by atoms with Gasteiger partial charge in [0, 0.05) is 20.0 Å². The van der Waals surface area contributed by atoms with Gasteiger partial charge in [-0.1, -0.05) is 29.1 Å². The van der Waals surface area contributed by atoms with Crippen LogP contribution in [0.15, 0.2) is 0 Å². The van der Waals surface area contributed by atoms with E-state index < -0.39 is 8.37 Å². The molecule has 1 saturated heterocycles. The third-order valence-electron chi connectivity index (χ3n) is 2.21. The highest BCUT2D eigenvalue weighted by molar-refractivity contribution is 7.76. The van der Waals surface area contributed by atoms with Gasteiger partial charge in [-0.25, -0.2) is 8.88 Å². The van der Waals surface area contributed by atoms with Crippen LogP contribution in [0.5, 0.6) is 0 Å². The first-order valence-electron chi connectivity index (χ1n) is 6.22. The summed E-state index contributed by atoms with van der Waals surface area (Å²) in [5.74, 6) is 0. The maximum atomic E-state index is 5.03. The zero-order chi connectivity index (χ0) is 13.6. The van der Waals surface area contributed by atoms with Crippen LogP contribution < -0.4 is 0 Å². The minimum absolute atomic E-state index is 0.0452. The van der Waals surface area contributed by atoms with Gasteiger partial charge >= 0.3 is 0 Å². The summed E-state index contributed by atoms with van der Waals surface area (Å²) in [5.41, 5.74) is 0.491. The molecular weight excluding hydrogens is 248 g/mol. The fourth-order valence-corrected chi connectivity index (χ4v) is 5.56. The van der Waals surface area contributed by atoms with E-state index in [1.54, 1.807) is 0 Å². The average molecular weight is 276 g/mol. The zero-order valence-corrected chi connectivity index (χ0v) is 14.7. The van der Waals surface area contributed by atoms with Gasteiger partial charge in [-0.3, -0.25) is 0 Å². The van der Waals surface area contributed by atoms with Crippen molar-refractivity contribution in [1.82, 2.24) is 8.88 Å². The molecule has 102 valence electrons. The second-order valence-electron chi connectivity index (χ2n) is 7.60. The van der Waals surface area contributed by atoms with Crippen molar-refractivity contribution >= 4 is 17.3 Å². The molecular formula is C12H28N3P2-. The highest BCUT2D eigenvalue weighted by Gasteiger charge is 2.43. The molecule has 0 aliphatic carbocycles. The Hall–Kier alpha value is 0.740. The summed E-state index contributed by atoms with van der Waals surface area (Å²) in [6.07, 6.45) is 0. The fraction of sp³-hybridized carbons (Fsp3) is 1.00. The van der Waals surface area contributed by atoms with E-state index in [0.29, 0.717) is 0 Å². The number of hydrogen-bond donors (Lipinski definition) is 0. The molecule has 1 aliphatic rings. The molecule has 0 aromatic heterocycles. The topological polar surface area (TPSA) is 20.6 Å². The van der Waals surface area contributed by atoms with Crippen molar-refractivity contribution in [3.63, 3.8) is 0 Å². The third kappa shape index (κ3) is 4.11. The van der Waals surface area contributed by atoms with Crippen LogP contribution in [0.2, 0.25) is 0 Å². The second kappa shape index (κ2) is 4.69. The van der Waals surface area contributed by atoms with Crippen LogP contribution in [0.25, 0.3) is 5.09 Å². The second-order valence-corrected chi connectivity index (χ2v) is 11.0. The summed E-state index contributed by atoms with van der Waals surface area (Å²) in [5, 5.41) is 5.03. The molecule has 17 heavy (non-hydrogen) atoms. The molecule has 1 heterocycles. The molecule has 0 amide bonds. The Balaban J connectivity index is 2.81. The van der Waals surface area contributed by atoms with Crippen molar-refractivity contribution in [2.24, 2.45) is 0 Å². The van der Waals surface area contributed by atoms with E-state index in [-0.39, 0.29) is 16.6 Å². The average Bonchev–Trinajstić information content (AvgIpc) is 1.90. The number of hydrogen-bond acceptors (Lipinski definition) is 2. The Kier molecular flexibility index (Phi) is 4.36. The summed E-state index contributed by atoms with van der Waals surface area (Å²) in [6, 6.07) is 0. The normalized spacial score (nSPS) is 26.3. The summed E-state index contributed by atoms with van der Waals surface area (Å²) >= 11 is 0. The molecule has 0 spiro atoms. The maximum absolute atomic E-state index is 5.03. The molecule has 1 fully saturated rings. The quantitative estimate of drug-likeness (QED) is 0.620. The number of nitrogens with zero attached hydrogens (tertiary/aromatic N) is 3. The van der Waals surface area contributed by atoms with Gasteiger partial charge in [0.15, 0.2) is 0 Å². The molecule has 1 rings (SSSR count). The Morgan fingerprint density at radius 2 is 1.12 bits per heavy atom. The predicted molar refractivity (Wildman–Crippen MR) is 81.5 cm³/mol. The first-order chi connectivity index (χ1) is 7.32. The molecule has 0 bridgehead atoms. The summed E-state index contributed by atoms with van der Waals surface area (Å²) in [6.45, 7) is 20.3. The van der Waals surface area contributed by atoms with Crippen molar-refractivity contribution in [3.05, 3.63) is 5.09 Å². The first kappa shape index (κ1) is 15.8. The van der Waals surface area contributed by atoms with E-state index in [1.165, 1.54) is 0 Å². The standard InChI is InChI=1S/C12H28N3P2/c1-10(2,3)13-17-14(11(4,5)6)16-15(17)12(7,8)9/h16H,1-9H3/q-1. The van der Waals surface area contributed by atoms with E-state index in [1.807, 2.05) is 0 Å². The minimum Gasteiger partial charge on any atom is -0.605 e. The minimum atomic E-state index is -0.485. The monoisotopic (exact) mass is 276 g/mol. The van der Waals surface area contributed by atoms with Gasteiger partial charge in [0.05, 0.1) is 0 Å². The van der Waals surface area contributed by atoms with Gasteiger partial charge in [0.1, 0.15) is 0 Å². The molecule has 0 N–H and O–H groups in total. The Labute approximate surface area is 111 Å². The molecule has 5 heteroatoms. The predicted octanol–water partition coefficient (Wildman–Crippen LogP) is 5.11. The molecule has 0 radical (unpaired) electrons. The molecule has 0 aromatic rings. The van der Waals surface area contributed by atoms with Crippen molar-refractivity contribution in [3.8, 4) is 0 Å². The highest BCUT2D eigenvalue weighted by Crippen LogP contribution is 2.76. The lowest BCUT2D eigenvalue weighted by Gasteiger charge is -2.68. The molecule has 0 atom stereocenters. The van der Waals surface area contributed by atoms with Gasteiger partial charge in [-0.05, 0) is 41.5 Å². The van der Waals surface area contributed by atoms with E-state index in [0.717, 1.165) is 8.88 Å². The van der Waals surface area contributed by atoms with Crippen LogP contribution in [0, 0.1) is 0 Å². The van der Waals surface area contributed by atoms with E-state index in [4.69, 9.17) is 5.09 Å². The smallest absolute Gasteiger partial charge is 0.0318 e. The van der Waals surface area contributed by atoms with Crippen molar-refractivity contribution in [2.45, 2.75) is 78.9 Å². The van der Waals surface area contributed by atoms with Gasteiger partial charge in [-0.15, -0.1) is 5.54 Å². The highest BCUT2D eigenvalue weighted by atomic mass is 31.2. The van der Waals surface area contributed by atoms with Crippen LogP contribution in [-0.2, 0) is 0 Å². The lowest BCUT2D eigenvalue weighted by molar-refractivity contribution is 0.293. The Morgan fingerprint density at radius 1 is 0.765 bits per heavy atom. The lowest BCUT2D eigenvalue weighted by atomic mass is 10.1. The summed E-state index contributed by atoms with van der Waals surface area (Å²) < 4.78 is 5.11. The maximum Gasteiger partial charge on any atom is 0.0318 e. The van der Waals surface area contributed by atoms with Crippen molar-refractivity contribution < 1.29 is 0 Å². The largest absolute Gasteiger partial charge is 0.605 e. The molecule has 1 aliphatic heterocycles. The van der Waals surface area contributed by atoms with Crippen LogP contribution in [0.1, 0.15) is 62.3 Å². The third-order valence-corrected chi connectivity index (χ3v) is 8.23. The van der Waals surface area contributed by atoms with Gasteiger partial charge in [0.2, 0.25) is 0 Å². The van der Waals surface area contributed by atoms with Crippen LogP contribution in [0.4, 0.5) is 0 Å². The van der Waals surface area contributed by atoms with Gasteiger partial charge in [0.25, 0.3) is 0 Å². The Bertz CT molecular complexity index is 253. The van der Waals surface area contributed by atoms with Crippen LogP contribution in [-0.4, -0.2) is 25.5 Å². The lowest BCUT2D eigenvalue weighted by Crippen LogP contribution is -2.49. The molecule has 3 nitrogen and oxygen atoms in total. The van der Waals surface area contributed by atoms with Crippen molar-refractivity contribution in [1.29, 1.82) is 0 Å². The van der Waals surface area contributed by atoms with E-state index >= 15 is 0 Å². The summed E-state index contributed by atoms with van der Waals surface area (Å²) in [4.78, 5) is 0. The van der Waals surface area contributed by atoms with E-state index in [2.05, 4.69) is 71.2 Å². The molecule has 0 saturated carbocycles. The summed E-state index contributed by atoms with van der Waals surface area (Å²) in [7, 11) is 0.289. The Morgan fingerprint density at radius 3 is 1.35 bits per heavy atom. The van der Waals surface area contributed by atoms with E-state index in [9.17, 15) is 0 Å². The first-order valence-corrected chi connectivity index (χ1v) is 8.31. The molecule has 0 aromatic carbocycles. The van der Waals surface area contributed by atoms with Crippen molar-refractivity contribution in [2.75, 3.05) is 0 Å².